The molecule has 26 heavy (non-hydrogen) atoms. The molecule has 7 nitrogen and oxygen atoms in total. The number of nitrogens with one attached hydrogen (secondary N) is 1. The molecule has 0 spiro atoms. The highest BCUT2D eigenvalue weighted by Crippen LogP contribution is 2.16. The molecule has 0 fully saturated rings. The first-order chi connectivity index (χ1) is 12.4. The smallest absolute Gasteiger partial charge is 0.238 e. The SMILES string of the molecule is COc1cccc(NC(=O)CN(C)CC(=O)N(C)Cc2ccc(C)o2)c1. The summed E-state index contributed by atoms with van der Waals surface area (Å²) in [7, 11) is 5.01. The van der Waals surface area contributed by atoms with E-state index in [0.29, 0.717) is 18.0 Å². The quantitative estimate of drug-likeness (QED) is 0.781. The molecule has 140 valence electrons. The highest BCUT2D eigenvalue weighted by atomic mass is 16.5. The highest BCUT2D eigenvalue weighted by Gasteiger charge is 2.15. The van der Waals surface area contributed by atoms with Gasteiger partial charge >= 0.3 is 0 Å². The van der Waals surface area contributed by atoms with Crippen LogP contribution in [0.25, 0.3) is 0 Å². The van der Waals surface area contributed by atoms with Crippen molar-refractivity contribution in [2.75, 3.05) is 39.6 Å². The average Bonchev–Trinajstić information content (AvgIpc) is 2.99. The average molecular weight is 359 g/mol. The second kappa shape index (κ2) is 9.05. The molecule has 1 aromatic carbocycles. The van der Waals surface area contributed by atoms with Crippen LogP contribution < -0.4 is 10.1 Å². The minimum atomic E-state index is -0.196. The zero-order chi connectivity index (χ0) is 19.1. The van der Waals surface area contributed by atoms with Crippen molar-refractivity contribution < 1.29 is 18.7 Å². The number of ether oxygens (including phenoxy) is 1. The Kier molecular flexibility index (Phi) is 6.80. The maximum Gasteiger partial charge on any atom is 0.238 e. The summed E-state index contributed by atoms with van der Waals surface area (Å²) in [5.74, 6) is 1.93. The summed E-state index contributed by atoms with van der Waals surface area (Å²) < 4.78 is 10.6. The lowest BCUT2D eigenvalue weighted by molar-refractivity contribution is -0.131. The molecule has 0 bridgehead atoms. The first kappa shape index (κ1) is 19.5. The van der Waals surface area contributed by atoms with Gasteiger partial charge in [0.15, 0.2) is 0 Å². The van der Waals surface area contributed by atoms with E-state index in [-0.39, 0.29) is 24.9 Å². The molecule has 2 amide bonds. The Morgan fingerprint density at radius 1 is 1.15 bits per heavy atom. The number of likely N-dealkylation sites (N-methyl/N-ethyl adjacent to an activating group) is 2. The van der Waals surface area contributed by atoms with Crippen molar-refractivity contribution >= 4 is 17.5 Å². The molecule has 0 aliphatic carbocycles. The van der Waals surface area contributed by atoms with Crippen LogP contribution in [0.1, 0.15) is 11.5 Å². The van der Waals surface area contributed by atoms with Gasteiger partial charge in [0.1, 0.15) is 17.3 Å². The van der Waals surface area contributed by atoms with Crippen LogP contribution in [0.2, 0.25) is 0 Å². The molecule has 2 rings (SSSR count). The van der Waals surface area contributed by atoms with Crippen molar-refractivity contribution in [1.82, 2.24) is 9.80 Å². The second-order valence-electron chi connectivity index (χ2n) is 6.21. The molecule has 0 atom stereocenters. The van der Waals surface area contributed by atoms with Crippen LogP contribution in [0.15, 0.2) is 40.8 Å². The molecular formula is C19H25N3O4. The molecule has 7 heteroatoms. The fraction of sp³-hybridized carbons (Fsp3) is 0.368. The first-order valence-electron chi connectivity index (χ1n) is 8.29. The number of hydrogen-bond donors (Lipinski definition) is 1. The Hall–Kier alpha value is -2.80. The Labute approximate surface area is 153 Å². The van der Waals surface area contributed by atoms with Gasteiger partial charge in [0.05, 0.1) is 26.7 Å². The topological polar surface area (TPSA) is 75.0 Å². The summed E-state index contributed by atoms with van der Waals surface area (Å²) in [6.45, 7) is 2.51. The van der Waals surface area contributed by atoms with Crippen molar-refractivity contribution in [3.05, 3.63) is 47.9 Å². The van der Waals surface area contributed by atoms with E-state index in [0.717, 1.165) is 11.5 Å². The number of amides is 2. The lowest BCUT2D eigenvalue weighted by Gasteiger charge is -2.21. The lowest BCUT2D eigenvalue weighted by atomic mass is 10.3. The van der Waals surface area contributed by atoms with Crippen LogP contribution >= 0.6 is 0 Å². The van der Waals surface area contributed by atoms with E-state index in [1.807, 2.05) is 19.1 Å². The highest BCUT2D eigenvalue weighted by molar-refractivity contribution is 5.92. The second-order valence-corrected chi connectivity index (χ2v) is 6.21. The molecule has 0 saturated carbocycles. The van der Waals surface area contributed by atoms with E-state index in [4.69, 9.17) is 9.15 Å². The predicted octanol–water partition coefficient (Wildman–Crippen LogP) is 2.13. The third kappa shape index (κ3) is 5.93. The number of anilines is 1. The number of rotatable bonds is 8. The van der Waals surface area contributed by atoms with Gasteiger partial charge in [-0.05, 0) is 38.2 Å². The molecular weight excluding hydrogens is 334 g/mol. The maximum atomic E-state index is 12.3. The zero-order valence-electron chi connectivity index (χ0n) is 15.6. The Morgan fingerprint density at radius 2 is 1.92 bits per heavy atom. The fourth-order valence-corrected chi connectivity index (χ4v) is 2.45. The van der Waals surface area contributed by atoms with Crippen LogP contribution in [0.5, 0.6) is 5.75 Å². The molecule has 0 unspecified atom stereocenters. The normalized spacial score (nSPS) is 10.7. The standard InChI is InChI=1S/C19H25N3O4/c1-14-8-9-17(26-14)11-22(3)19(24)13-21(2)12-18(23)20-15-6-5-7-16(10-15)25-4/h5-10H,11-13H2,1-4H3,(H,20,23). The van der Waals surface area contributed by atoms with Crippen LogP contribution in [-0.2, 0) is 16.1 Å². The lowest BCUT2D eigenvalue weighted by Crippen LogP contribution is -2.39. The number of furan rings is 1. The van der Waals surface area contributed by atoms with E-state index < -0.39 is 0 Å². The molecule has 1 heterocycles. The molecule has 1 N–H and O–H groups in total. The molecule has 2 aromatic rings. The number of aryl methyl sites for hydroxylation is 1. The van der Waals surface area contributed by atoms with E-state index in [2.05, 4.69) is 5.32 Å². The summed E-state index contributed by atoms with van der Waals surface area (Å²) in [6.07, 6.45) is 0. The van der Waals surface area contributed by atoms with Crippen LogP contribution in [0, 0.1) is 6.92 Å². The summed E-state index contributed by atoms with van der Waals surface area (Å²) in [5, 5.41) is 2.79. The minimum Gasteiger partial charge on any atom is -0.497 e. The summed E-state index contributed by atoms with van der Waals surface area (Å²) in [5.41, 5.74) is 0.652. The van der Waals surface area contributed by atoms with Crippen molar-refractivity contribution in [3.63, 3.8) is 0 Å². The number of carbonyl (C=O) groups is 2. The number of methoxy groups -OCH3 is 1. The van der Waals surface area contributed by atoms with Gasteiger partial charge in [-0.25, -0.2) is 0 Å². The summed E-state index contributed by atoms with van der Waals surface area (Å²) >= 11 is 0. The Bertz CT molecular complexity index is 757. The maximum absolute atomic E-state index is 12.3. The zero-order valence-corrected chi connectivity index (χ0v) is 15.6. The van der Waals surface area contributed by atoms with Gasteiger partial charge in [0, 0.05) is 18.8 Å². The summed E-state index contributed by atoms with van der Waals surface area (Å²) in [6, 6.07) is 10.8. The summed E-state index contributed by atoms with van der Waals surface area (Å²) in [4.78, 5) is 27.7. The van der Waals surface area contributed by atoms with Gasteiger partial charge in [-0.15, -0.1) is 0 Å². The van der Waals surface area contributed by atoms with Gasteiger partial charge in [-0.2, -0.15) is 0 Å². The largest absolute Gasteiger partial charge is 0.497 e. The number of hydrogen-bond acceptors (Lipinski definition) is 5. The van der Waals surface area contributed by atoms with Gasteiger partial charge < -0.3 is 19.4 Å². The van der Waals surface area contributed by atoms with E-state index in [1.165, 1.54) is 0 Å². The van der Waals surface area contributed by atoms with Crippen LogP contribution in [0.4, 0.5) is 5.69 Å². The predicted molar refractivity (Wildman–Crippen MR) is 99.0 cm³/mol. The third-order valence-corrected chi connectivity index (χ3v) is 3.79. The van der Waals surface area contributed by atoms with E-state index in [1.54, 1.807) is 55.3 Å². The van der Waals surface area contributed by atoms with Crippen LogP contribution in [-0.4, -0.2) is 55.9 Å². The van der Waals surface area contributed by atoms with Crippen molar-refractivity contribution in [1.29, 1.82) is 0 Å². The number of nitrogens with zero attached hydrogens (tertiary/aromatic N) is 2. The monoisotopic (exact) mass is 359 g/mol. The van der Waals surface area contributed by atoms with Gasteiger partial charge in [0.25, 0.3) is 0 Å². The molecule has 0 radical (unpaired) electrons. The molecule has 1 aromatic heterocycles. The minimum absolute atomic E-state index is 0.0873. The fourth-order valence-electron chi connectivity index (χ4n) is 2.45. The third-order valence-electron chi connectivity index (χ3n) is 3.79. The number of carbonyl (C=O) groups excluding carboxylic acids is 2. The molecule has 0 aliphatic rings. The van der Waals surface area contributed by atoms with Crippen LogP contribution in [0.3, 0.4) is 0 Å². The van der Waals surface area contributed by atoms with Crippen molar-refractivity contribution in [2.24, 2.45) is 0 Å². The van der Waals surface area contributed by atoms with Crippen molar-refractivity contribution in [2.45, 2.75) is 13.5 Å². The van der Waals surface area contributed by atoms with E-state index >= 15 is 0 Å². The molecule has 0 aliphatic heterocycles. The Morgan fingerprint density at radius 3 is 2.58 bits per heavy atom. The Balaban J connectivity index is 1.79. The first-order valence-corrected chi connectivity index (χ1v) is 8.29. The van der Waals surface area contributed by atoms with E-state index in [9.17, 15) is 9.59 Å². The number of benzene rings is 1. The van der Waals surface area contributed by atoms with Gasteiger partial charge in [-0.3, -0.25) is 14.5 Å². The van der Waals surface area contributed by atoms with Crippen molar-refractivity contribution in [3.8, 4) is 5.75 Å². The van der Waals surface area contributed by atoms with Gasteiger partial charge in [-0.1, -0.05) is 6.07 Å². The molecule has 0 saturated heterocycles. The van der Waals surface area contributed by atoms with Gasteiger partial charge in [0.2, 0.25) is 11.8 Å².